The summed E-state index contributed by atoms with van der Waals surface area (Å²) in [5, 5.41) is 11.4. The minimum absolute atomic E-state index is 0.0625. The molecule has 1 N–H and O–H groups in total. The molecule has 3 heterocycles. The summed E-state index contributed by atoms with van der Waals surface area (Å²) in [7, 11) is 0. The Bertz CT molecular complexity index is 610. The van der Waals surface area contributed by atoms with Crippen LogP contribution in [0.4, 0.5) is 0 Å². The molecule has 1 aromatic heterocycles. The molecule has 2 aliphatic heterocycles. The summed E-state index contributed by atoms with van der Waals surface area (Å²) in [5.74, 6) is 1.99. The van der Waals surface area contributed by atoms with E-state index in [1.807, 2.05) is 6.92 Å². The zero-order valence-corrected chi connectivity index (χ0v) is 14.1. The predicted molar refractivity (Wildman–Crippen MR) is 84.4 cm³/mol. The van der Waals surface area contributed by atoms with Gasteiger partial charge in [-0.3, -0.25) is 9.59 Å². The molecule has 126 valence electrons. The van der Waals surface area contributed by atoms with Gasteiger partial charge in [-0.2, -0.15) is 0 Å². The smallest absolute Gasteiger partial charge is 0.226 e. The molecule has 1 fully saturated rings. The second kappa shape index (κ2) is 6.29. The maximum atomic E-state index is 12.5. The minimum atomic E-state index is -0.260. The van der Waals surface area contributed by atoms with Gasteiger partial charge in [0, 0.05) is 32.5 Å². The Balaban J connectivity index is 1.60. The van der Waals surface area contributed by atoms with Gasteiger partial charge in [0.05, 0.1) is 12.0 Å². The van der Waals surface area contributed by atoms with Crippen molar-refractivity contribution in [3.8, 4) is 0 Å². The van der Waals surface area contributed by atoms with Crippen molar-refractivity contribution in [1.82, 2.24) is 25.0 Å². The number of aromatic nitrogens is 3. The Morgan fingerprint density at radius 3 is 2.87 bits per heavy atom. The van der Waals surface area contributed by atoms with E-state index in [9.17, 15) is 9.59 Å². The summed E-state index contributed by atoms with van der Waals surface area (Å²) in [4.78, 5) is 26.3. The normalized spacial score (nSPS) is 21.8. The molecule has 0 radical (unpaired) electrons. The monoisotopic (exact) mass is 319 g/mol. The van der Waals surface area contributed by atoms with E-state index in [0.29, 0.717) is 18.9 Å². The highest BCUT2D eigenvalue weighted by atomic mass is 16.2. The third-order valence-corrected chi connectivity index (χ3v) is 4.55. The third-order valence-electron chi connectivity index (χ3n) is 4.55. The van der Waals surface area contributed by atoms with Crippen molar-refractivity contribution >= 4 is 11.8 Å². The lowest BCUT2D eigenvalue weighted by Gasteiger charge is -2.19. The molecular formula is C16H25N5O2. The first-order chi connectivity index (χ1) is 11.0. The molecule has 3 rings (SSSR count). The lowest BCUT2D eigenvalue weighted by Crippen LogP contribution is -2.36. The second-order valence-electron chi connectivity index (χ2n) is 7.05. The van der Waals surface area contributed by atoms with Gasteiger partial charge in [0.25, 0.3) is 0 Å². The van der Waals surface area contributed by atoms with Crippen LogP contribution in [0.2, 0.25) is 0 Å². The van der Waals surface area contributed by atoms with Gasteiger partial charge >= 0.3 is 0 Å². The number of carbonyl (C=O) groups is 2. The first-order valence-electron chi connectivity index (χ1n) is 8.45. The molecule has 2 unspecified atom stereocenters. The van der Waals surface area contributed by atoms with Crippen LogP contribution < -0.4 is 5.32 Å². The standard InChI is InChI=1S/C16H25N5O2/c1-10(2)8-20-9-12(7-14(20)22)16(23)17-11(3)15-19-18-13-5-4-6-21(13)15/h10-12H,4-9H2,1-3H3,(H,17,23). The van der Waals surface area contributed by atoms with Gasteiger partial charge in [0.1, 0.15) is 5.82 Å². The number of hydrogen-bond donors (Lipinski definition) is 1. The van der Waals surface area contributed by atoms with E-state index in [-0.39, 0.29) is 23.8 Å². The van der Waals surface area contributed by atoms with Crippen LogP contribution in [0.3, 0.4) is 0 Å². The van der Waals surface area contributed by atoms with E-state index in [2.05, 4.69) is 33.9 Å². The van der Waals surface area contributed by atoms with Crippen molar-refractivity contribution in [2.24, 2.45) is 11.8 Å². The number of aryl methyl sites for hydroxylation is 1. The Kier molecular flexibility index (Phi) is 4.37. The Morgan fingerprint density at radius 2 is 2.13 bits per heavy atom. The SMILES string of the molecule is CC(C)CN1CC(C(=O)NC(C)c2nnc3n2CCC3)CC1=O. The molecule has 2 amide bonds. The number of amides is 2. The van der Waals surface area contributed by atoms with Gasteiger partial charge in [0.15, 0.2) is 5.82 Å². The van der Waals surface area contributed by atoms with Crippen LogP contribution in [-0.2, 0) is 22.6 Å². The second-order valence-corrected chi connectivity index (χ2v) is 7.05. The van der Waals surface area contributed by atoms with Gasteiger partial charge in [-0.15, -0.1) is 10.2 Å². The topological polar surface area (TPSA) is 80.1 Å². The molecule has 1 saturated heterocycles. The van der Waals surface area contributed by atoms with Crippen molar-refractivity contribution in [3.05, 3.63) is 11.6 Å². The number of nitrogens with one attached hydrogen (secondary N) is 1. The molecule has 0 aromatic carbocycles. The van der Waals surface area contributed by atoms with Crippen molar-refractivity contribution in [1.29, 1.82) is 0 Å². The van der Waals surface area contributed by atoms with E-state index >= 15 is 0 Å². The third kappa shape index (κ3) is 3.23. The highest BCUT2D eigenvalue weighted by molar-refractivity contribution is 5.89. The summed E-state index contributed by atoms with van der Waals surface area (Å²) in [6.45, 7) is 8.24. The fourth-order valence-corrected chi connectivity index (χ4v) is 3.45. The number of carbonyl (C=O) groups excluding carboxylic acids is 2. The fraction of sp³-hybridized carbons (Fsp3) is 0.750. The maximum Gasteiger partial charge on any atom is 0.226 e. The molecule has 0 spiro atoms. The molecule has 0 bridgehead atoms. The number of likely N-dealkylation sites (tertiary alicyclic amines) is 1. The molecule has 23 heavy (non-hydrogen) atoms. The van der Waals surface area contributed by atoms with Gasteiger partial charge in [-0.05, 0) is 19.3 Å². The molecule has 2 atom stereocenters. The van der Waals surface area contributed by atoms with Gasteiger partial charge in [-0.25, -0.2) is 0 Å². The number of rotatable bonds is 5. The predicted octanol–water partition coefficient (Wildman–Crippen LogP) is 0.906. The van der Waals surface area contributed by atoms with Crippen LogP contribution in [0.5, 0.6) is 0 Å². The zero-order valence-electron chi connectivity index (χ0n) is 14.1. The van der Waals surface area contributed by atoms with Crippen molar-refractivity contribution in [2.45, 2.75) is 52.6 Å². The van der Waals surface area contributed by atoms with Crippen molar-refractivity contribution in [2.75, 3.05) is 13.1 Å². The van der Waals surface area contributed by atoms with Crippen molar-refractivity contribution in [3.63, 3.8) is 0 Å². The summed E-state index contributed by atoms with van der Waals surface area (Å²) < 4.78 is 2.09. The number of fused-ring (bicyclic) bond motifs is 1. The van der Waals surface area contributed by atoms with Gasteiger partial charge < -0.3 is 14.8 Å². The van der Waals surface area contributed by atoms with E-state index < -0.39 is 0 Å². The summed E-state index contributed by atoms with van der Waals surface area (Å²) in [5.41, 5.74) is 0. The van der Waals surface area contributed by atoms with Crippen LogP contribution in [0.1, 0.15) is 51.3 Å². The minimum Gasteiger partial charge on any atom is -0.346 e. The van der Waals surface area contributed by atoms with E-state index in [1.165, 1.54) is 0 Å². The highest BCUT2D eigenvalue weighted by Crippen LogP contribution is 2.22. The Morgan fingerprint density at radius 1 is 1.35 bits per heavy atom. The lowest BCUT2D eigenvalue weighted by atomic mass is 10.1. The van der Waals surface area contributed by atoms with Gasteiger partial charge in [-0.1, -0.05) is 13.8 Å². The van der Waals surface area contributed by atoms with E-state index in [1.54, 1.807) is 4.90 Å². The van der Waals surface area contributed by atoms with E-state index in [4.69, 9.17) is 0 Å². The quantitative estimate of drug-likeness (QED) is 0.874. The number of hydrogen-bond acceptors (Lipinski definition) is 4. The van der Waals surface area contributed by atoms with Crippen LogP contribution in [0.15, 0.2) is 0 Å². The molecule has 7 heteroatoms. The average Bonchev–Trinajstić information content (AvgIpc) is 3.14. The number of nitrogens with zero attached hydrogens (tertiary/aromatic N) is 4. The summed E-state index contributed by atoms with van der Waals surface area (Å²) >= 11 is 0. The molecule has 0 saturated carbocycles. The molecule has 2 aliphatic rings. The maximum absolute atomic E-state index is 12.5. The first-order valence-corrected chi connectivity index (χ1v) is 8.45. The average molecular weight is 319 g/mol. The summed E-state index contributed by atoms with van der Waals surface area (Å²) in [6.07, 6.45) is 2.35. The summed E-state index contributed by atoms with van der Waals surface area (Å²) in [6, 6.07) is -0.184. The molecule has 1 aromatic rings. The molecular weight excluding hydrogens is 294 g/mol. The molecule has 7 nitrogen and oxygen atoms in total. The largest absolute Gasteiger partial charge is 0.346 e. The highest BCUT2D eigenvalue weighted by Gasteiger charge is 2.35. The zero-order chi connectivity index (χ0) is 16.6. The van der Waals surface area contributed by atoms with Crippen LogP contribution in [-0.4, -0.2) is 44.6 Å². The van der Waals surface area contributed by atoms with Crippen LogP contribution in [0, 0.1) is 11.8 Å². The lowest BCUT2D eigenvalue weighted by molar-refractivity contribution is -0.129. The Hall–Kier alpha value is -1.92. The van der Waals surface area contributed by atoms with Crippen molar-refractivity contribution < 1.29 is 9.59 Å². The van der Waals surface area contributed by atoms with Crippen LogP contribution in [0.25, 0.3) is 0 Å². The van der Waals surface area contributed by atoms with Gasteiger partial charge in [0.2, 0.25) is 11.8 Å². The first kappa shape index (κ1) is 16.0. The molecule has 0 aliphatic carbocycles. The van der Waals surface area contributed by atoms with Crippen LogP contribution >= 0.6 is 0 Å². The fourth-order valence-electron chi connectivity index (χ4n) is 3.45. The Labute approximate surface area is 136 Å². The van der Waals surface area contributed by atoms with E-state index in [0.717, 1.165) is 37.6 Å².